The maximum atomic E-state index is 12.4. The Labute approximate surface area is 168 Å². The Morgan fingerprint density at radius 2 is 1.34 bits per heavy atom. The third-order valence-corrected chi connectivity index (χ3v) is 4.25. The summed E-state index contributed by atoms with van der Waals surface area (Å²) >= 11 is 0. The van der Waals surface area contributed by atoms with Crippen molar-refractivity contribution >= 4 is 17.9 Å². The van der Waals surface area contributed by atoms with Gasteiger partial charge in [-0.15, -0.1) is 0 Å². The summed E-state index contributed by atoms with van der Waals surface area (Å²) in [6.07, 6.45) is 1.56. The number of rotatable bonds is 7. The van der Waals surface area contributed by atoms with E-state index >= 15 is 0 Å². The average Bonchev–Trinajstić information content (AvgIpc) is 3.13. The van der Waals surface area contributed by atoms with E-state index in [9.17, 15) is 4.79 Å². The molecule has 0 saturated heterocycles. The maximum absolute atomic E-state index is 12.4. The largest absolute Gasteiger partial charge is 0.497 e. The van der Waals surface area contributed by atoms with Crippen molar-refractivity contribution in [1.29, 1.82) is 0 Å². The fraction of sp³-hybridized carbons (Fsp3) is 0.238. The highest BCUT2D eigenvalue weighted by Crippen LogP contribution is 2.36. The minimum absolute atomic E-state index is 0.118. The van der Waals surface area contributed by atoms with Crippen molar-refractivity contribution in [1.82, 2.24) is 0 Å². The smallest absolute Gasteiger partial charge is 0.363 e. The summed E-state index contributed by atoms with van der Waals surface area (Å²) in [5.41, 5.74) is 1.26. The van der Waals surface area contributed by atoms with Crippen molar-refractivity contribution in [2.24, 2.45) is 4.99 Å². The Hall–Kier alpha value is -3.68. The van der Waals surface area contributed by atoms with Crippen LogP contribution in [-0.2, 0) is 9.53 Å². The number of esters is 1. The van der Waals surface area contributed by atoms with E-state index in [0.717, 1.165) is 0 Å². The van der Waals surface area contributed by atoms with Crippen LogP contribution in [0.2, 0.25) is 0 Å². The second kappa shape index (κ2) is 8.55. The van der Waals surface area contributed by atoms with Crippen LogP contribution in [0.3, 0.4) is 0 Å². The number of hydrogen-bond donors (Lipinski definition) is 0. The Morgan fingerprint density at radius 3 is 1.90 bits per heavy atom. The monoisotopic (exact) mass is 399 g/mol. The topological polar surface area (TPSA) is 84.8 Å². The lowest BCUT2D eigenvalue weighted by Crippen LogP contribution is -2.06. The van der Waals surface area contributed by atoms with Crippen LogP contribution in [0.4, 0.5) is 0 Å². The van der Waals surface area contributed by atoms with E-state index in [1.165, 1.54) is 35.5 Å². The SMILES string of the molecule is COc1cc(OC)cc(C2=N/C(=C/c3cc(OC)c(OC)cc3OC)C(=O)O2)c1. The third kappa shape index (κ3) is 4.11. The first-order valence-corrected chi connectivity index (χ1v) is 8.59. The van der Waals surface area contributed by atoms with Crippen LogP contribution in [0.5, 0.6) is 28.7 Å². The van der Waals surface area contributed by atoms with Gasteiger partial charge in [0.25, 0.3) is 0 Å². The maximum Gasteiger partial charge on any atom is 0.363 e. The average molecular weight is 399 g/mol. The molecule has 0 aromatic heterocycles. The zero-order valence-corrected chi connectivity index (χ0v) is 16.8. The van der Waals surface area contributed by atoms with Gasteiger partial charge in [0.15, 0.2) is 17.2 Å². The van der Waals surface area contributed by atoms with E-state index in [0.29, 0.717) is 39.9 Å². The van der Waals surface area contributed by atoms with Crippen molar-refractivity contribution in [3.8, 4) is 28.7 Å². The summed E-state index contributed by atoms with van der Waals surface area (Å²) in [5, 5.41) is 0. The molecule has 29 heavy (non-hydrogen) atoms. The first kappa shape index (κ1) is 20.1. The van der Waals surface area contributed by atoms with Gasteiger partial charge in [0.1, 0.15) is 17.2 Å². The van der Waals surface area contributed by atoms with Crippen molar-refractivity contribution in [2.45, 2.75) is 0 Å². The lowest BCUT2D eigenvalue weighted by atomic mass is 10.1. The minimum atomic E-state index is -0.585. The molecule has 0 amide bonds. The highest BCUT2D eigenvalue weighted by Gasteiger charge is 2.26. The fourth-order valence-corrected chi connectivity index (χ4v) is 2.78. The Kier molecular flexibility index (Phi) is 5.92. The molecule has 2 aromatic rings. The fourth-order valence-electron chi connectivity index (χ4n) is 2.78. The molecule has 0 radical (unpaired) electrons. The summed E-state index contributed by atoms with van der Waals surface area (Å²) in [6.45, 7) is 0. The van der Waals surface area contributed by atoms with E-state index in [4.69, 9.17) is 28.4 Å². The molecular weight excluding hydrogens is 378 g/mol. The predicted molar refractivity (Wildman–Crippen MR) is 106 cm³/mol. The van der Waals surface area contributed by atoms with Gasteiger partial charge in [0, 0.05) is 23.3 Å². The van der Waals surface area contributed by atoms with Crippen LogP contribution in [0, 0.1) is 0 Å². The van der Waals surface area contributed by atoms with Gasteiger partial charge in [-0.1, -0.05) is 0 Å². The molecule has 152 valence electrons. The predicted octanol–water partition coefficient (Wildman–Crippen LogP) is 3.07. The summed E-state index contributed by atoms with van der Waals surface area (Å²) in [5.74, 6) is 2.17. The van der Waals surface area contributed by atoms with Crippen molar-refractivity contribution in [2.75, 3.05) is 35.5 Å². The second-order valence-electron chi connectivity index (χ2n) is 5.89. The van der Waals surface area contributed by atoms with E-state index in [-0.39, 0.29) is 11.6 Å². The normalized spacial score (nSPS) is 14.3. The zero-order valence-electron chi connectivity index (χ0n) is 16.8. The third-order valence-electron chi connectivity index (χ3n) is 4.25. The number of hydrogen-bond acceptors (Lipinski definition) is 8. The highest BCUT2D eigenvalue weighted by molar-refractivity contribution is 6.13. The summed E-state index contributed by atoms with van der Waals surface area (Å²) < 4.78 is 31.8. The molecule has 1 aliphatic heterocycles. The number of nitrogens with zero attached hydrogens (tertiary/aromatic N) is 1. The van der Waals surface area contributed by atoms with Gasteiger partial charge in [0.05, 0.1) is 35.5 Å². The summed E-state index contributed by atoms with van der Waals surface area (Å²) in [6, 6.07) is 8.48. The molecule has 0 saturated carbocycles. The molecule has 0 N–H and O–H groups in total. The van der Waals surface area contributed by atoms with Crippen molar-refractivity contribution in [3.63, 3.8) is 0 Å². The molecule has 2 aromatic carbocycles. The van der Waals surface area contributed by atoms with E-state index in [2.05, 4.69) is 4.99 Å². The van der Waals surface area contributed by atoms with Gasteiger partial charge in [-0.3, -0.25) is 0 Å². The molecule has 8 nitrogen and oxygen atoms in total. The first-order valence-electron chi connectivity index (χ1n) is 8.59. The van der Waals surface area contributed by atoms with E-state index in [1.807, 2.05) is 0 Å². The molecular formula is C21H21NO7. The molecule has 0 unspecified atom stereocenters. The molecule has 1 heterocycles. The number of cyclic esters (lactones) is 1. The van der Waals surface area contributed by atoms with Gasteiger partial charge < -0.3 is 28.4 Å². The number of methoxy groups -OCH3 is 5. The Bertz CT molecular complexity index is 973. The van der Waals surface area contributed by atoms with Gasteiger partial charge in [0.2, 0.25) is 5.90 Å². The van der Waals surface area contributed by atoms with Crippen molar-refractivity contribution in [3.05, 3.63) is 47.2 Å². The number of carbonyl (C=O) groups excluding carboxylic acids is 1. The highest BCUT2D eigenvalue weighted by atomic mass is 16.6. The van der Waals surface area contributed by atoms with Crippen LogP contribution in [0.25, 0.3) is 6.08 Å². The number of benzene rings is 2. The van der Waals surface area contributed by atoms with E-state index < -0.39 is 5.97 Å². The first-order chi connectivity index (χ1) is 14.0. The minimum Gasteiger partial charge on any atom is -0.497 e. The van der Waals surface area contributed by atoms with Crippen LogP contribution >= 0.6 is 0 Å². The van der Waals surface area contributed by atoms with Crippen LogP contribution in [0.1, 0.15) is 11.1 Å². The molecule has 0 bridgehead atoms. The molecule has 0 aliphatic carbocycles. The summed E-state index contributed by atoms with van der Waals surface area (Å²) in [4.78, 5) is 16.7. The van der Waals surface area contributed by atoms with Gasteiger partial charge in [-0.25, -0.2) is 9.79 Å². The van der Waals surface area contributed by atoms with Crippen LogP contribution in [0.15, 0.2) is 41.0 Å². The lowest BCUT2D eigenvalue weighted by molar-refractivity contribution is -0.129. The molecule has 0 atom stereocenters. The molecule has 3 rings (SSSR count). The van der Waals surface area contributed by atoms with Crippen LogP contribution in [-0.4, -0.2) is 47.4 Å². The van der Waals surface area contributed by atoms with E-state index in [1.54, 1.807) is 36.4 Å². The van der Waals surface area contributed by atoms with Crippen molar-refractivity contribution < 1.29 is 33.2 Å². The van der Waals surface area contributed by atoms with Crippen LogP contribution < -0.4 is 23.7 Å². The van der Waals surface area contributed by atoms with Gasteiger partial charge >= 0.3 is 5.97 Å². The standard InChI is InChI=1S/C21H21NO7/c1-24-14-6-13(7-15(10-14)25-2)20-22-16(21(23)29-20)8-12-9-18(27-4)19(28-5)11-17(12)26-3/h6-11H,1-5H3/b16-8+. The molecule has 8 heteroatoms. The molecule has 0 spiro atoms. The molecule has 0 fully saturated rings. The van der Waals surface area contributed by atoms with Gasteiger partial charge in [-0.2, -0.15) is 0 Å². The zero-order chi connectivity index (χ0) is 21.0. The number of ether oxygens (including phenoxy) is 6. The lowest BCUT2D eigenvalue weighted by Gasteiger charge is -2.12. The second-order valence-corrected chi connectivity index (χ2v) is 5.89. The summed E-state index contributed by atoms with van der Waals surface area (Å²) in [7, 11) is 7.65. The van der Waals surface area contributed by atoms with Gasteiger partial charge in [-0.05, 0) is 24.3 Å². The Balaban J connectivity index is 2.03. The number of carbonyl (C=O) groups is 1. The number of aliphatic imine (C=N–C) groups is 1. The molecule has 1 aliphatic rings. The quantitative estimate of drug-likeness (QED) is 0.522. The Morgan fingerprint density at radius 1 is 0.759 bits per heavy atom.